The predicted molar refractivity (Wildman–Crippen MR) is 100.0 cm³/mol. The molecular weight excluding hydrogens is 346 g/mol. The van der Waals surface area contributed by atoms with Gasteiger partial charge >= 0.3 is 0 Å². The Morgan fingerprint density at radius 2 is 1.70 bits per heavy atom. The lowest BCUT2D eigenvalue weighted by Crippen LogP contribution is -2.30. The van der Waals surface area contributed by atoms with Gasteiger partial charge in [0.15, 0.2) is 11.5 Å². The molecule has 0 bridgehead atoms. The van der Waals surface area contributed by atoms with Gasteiger partial charge in [0, 0.05) is 18.2 Å². The first kappa shape index (κ1) is 17.5. The fourth-order valence-corrected chi connectivity index (χ4v) is 3.72. The number of carbonyl (C=O) groups is 1. The van der Waals surface area contributed by atoms with Crippen molar-refractivity contribution in [1.29, 1.82) is 0 Å². The summed E-state index contributed by atoms with van der Waals surface area (Å²) >= 11 is 0. The van der Waals surface area contributed by atoms with Crippen LogP contribution in [0.25, 0.3) is 0 Å². The lowest BCUT2D eigenvalue weighted by molar-refractivity contribution is 0.0734. The number of fused-ring (bicyclic) bond motifs is 1. The van der Waals surface area contributed by atoms with E-state index in [-0.39, 0.29) is 11.9 Å². The van der Waals surface area contributed by atoms with Gasteiger partial charge in [-0.2, -0.15) is 0 Å². The monoisotopic (exact) mass is 369 g/mol. The van der Waals surface area contributed by atoms with E-state index >= 15 is 0 Å². The molecule has 27 heavy (non-hydrogen) atoms. The zero-order valence-corrected chi connectivity index (χ0v) is 15.6. The summed E-state index contributed by atoms with van der Waals surface area (Å²) in [6, 6.07) is 11.2. The van der Waals surface area contributed by atoms with Gasteiger partial charge in [-0.25, -0.2) is 0 Å². The smallest absolute Gasteiger partial charge is 0.254 e. The number of carbonyl (C=O) groups excluding carboxylic acids is 1. The molecule has 0 radical (unpaired) electrons. The maximum Gasteiger partial charge on any atom is 0.254 e. The Labute approximate surface area is 158 Å². The minimum atomic E-state index is -0.0235. The number of likely N-dealkylation sites (tertiary alicyclic amines) is 1. The largest absolute Gasteiger partial charge is 0.497 e. The molecule has 6 heteroatoms. The summed E-state index contributed by atoms with van der Waals surface area (Å²) in [5.41, 5.74) is 1.63. The second kappa shape index (κ2) is 7.39. The molecule has 2 aliphatic heterocycles. The molecule has 0 aromatic heterocycles. The average molecular weight is 369 g/mol. The number of rotatable bonds is 4. The van der Waals surface area contributed by atoms with Crippen LogP contribution in [0.1, 0.15) is 34.8 Å². The molecule has 2 aromatic rings. The van der Waals surface area contributed by atoms with Gasteiger partial charge in [0.25, 0.3) is 5.91 Å². The second-order valence-corrected chi connectivity index (χ2v) is 6.66. The molecule has 1 atom stereocenters. The third-order valence-electron chi connectivity index (χ3n) is 5.06. The summed E-state index contributed by atoms with van der Waals surface area (Å²) in [6.07, 6.45) is 1.89. The van der Waals surface area contributed by atoms with Crippen molar-refractivity contribution >= 4 is 5.91 Å². The van der Waals surface area contributed by atoms with Crippen molar-refractivity contribution in [3.63, 3.8) is 0 Å². The van der Waals surface area contributed by atoms with Gasteiger partial charge in [-0.1, -0.05) is 6.07 Å². The van der Waals surface area contributed by atoms with E-state index < -0.39 is 0 Å². The van der Waals surface area contributed by atoms with E-state index in [0.29, 0.717) is 30.3 Å². The van der Waals surface area contributed by atoms with Crippen LogP contribution < -0.4 is 18.9 Å². The van der Waals surface area contributed by atoms with Crippen molar-refractivity contribution < 1.29 is 23.7 Å². The molecule has 1 unspecified atom stereocenters. The topological polar surface area (TPSA) is 57.2 Å². The molecule has 2 heterocycles. The van der Waals surface area contributed by atoms with Crippen molar-refractivity contribution in [3.8, 4) is 23.0 Å². The Morgan fingerprint density at radius 3 is 2.41 bits per heavy atom. The highest BCUT2D eigenvalue weighted by Crippen LogP contribution is 2.39. The lowest BCUT2D eigenvalue weighted by Gasteiger charge is -2.27. The zero-order valence-electron chi connectivity index (χ0n) is 15.6. The SMILES string of the molecule is COc1cc(OC)cc(C(=O)N2CCCC2c2ccc3c(c2)OCCO3)c1. The molecule has 0 spiro atoms. The van der Waals surface area contributed by atoms with E-state index in [2.05, 4.69) is 0 Å². The fourth-order valence-electron chi connectivity index (χ4n) is 3.72. The average Bonchev–Trinajstić information content (AvgIpc) is 3.22. The molecule has 2 aliphatic rings. The molecule has 6 nitrogen and oxygen atoms in total. The number of hydrogen-bond acceptors (Lipinski definition) is 5. The Balaban J connectivity index is 1.62. The summed E-state index contributed by atoms with van der Waals surface area (Å²) in [5.74, 6) is 2.70. The highest BCUT2D eigenvalue weighted by molar-refractivity contribution is 5.95. The molecule has 0 saturated carbocycles. The Morgan fingerprint density at radius 1 is 1.00 bits per heavy atom. The van der Waals surface area contributed by atoms with Gasteiger partial charge in [-0.05, 0) is 42.7 Å². The molecule has 1 fully saturated rings. The van der Waals surface area contributed by atoms with Gasteiger partial charge in [-0.15, -0.1) is 0 Å². The van der Waals surface area contributed by atoms with Crippen LogP contribution in [0.4, 0.5) is 0 Å². The molecule has 1 amide bonds. The van der Waals surface area contributed by atoms with E-state index in [0.717, 1.165) is 36.4 Å². The maximum atomic E-state index is 13.2. The normalized spacial score (nSPS) is 18.3. The van der Waals surface area contributed by atoms with Crippen LogP contribution in [0.15, 0.2) is 36.4 Å². The van der Waals surface area contributed by atoms with Crippen molar-refractivity contribution in [2.45, 2.75) is 18.9 Å². The van der Waals surface area contributed by atoms with Crippen molar-refractivity contribution in [2.24, 2.45) is 0 Å². The summed E-state index contributed by atoms with van der Waals surface area (Å²) in [7, 11) is 3.16. The van der Waals surface area contributed by atoms with Crippen LogP contribution in [0.2, 0.25) is 0 Å². The molecule has 142 valence electrons. The van der Waals surface area contributed by atoms with Crippen LogP contribution in [-0.2, 0) is 0 Å². The highest BCUT2D eigenvalue weighted by Gasteiger charge is 2.32. The first-order chi connectivity index (χ1) is 13.2. The van der Waals surface area contributed by atoms with Gasteiger partial charge in [0.2, 0.25) is 0 Å². The summed E-state index contributed by atoms with van der Waals surface area (Å²) < 4.78 is 21.9. The first-order valence-electron chi connectivity index (χ1n) is 9.13. The van der Waals surface area contributed by atoms with E-state index in [1.165, 1.54) is 0 Å². The predicted octanol–water partition coefficient (Wildman–Crippen LogP) is 3.45. The van der Waals surface area contributed by atoms with E-state index in [9.17, 15) is 4.79 Å². The van der Waals surface area contributed by atoms with Crippen LogP contribution in [0, 0.1) is 0 Å². The maximum absolute atomic E-state index is 13.2. The van der Waals surface area contributed by atoms with Gasteiger partial charge in [0.05, 0.1) is 20.3 Å². The molecule has 2 aromatic carbocycles. The lowest BCUT2D eigenvalue weighted by atomic mass is 10.0. The van der Waals surface area contributed by atoms with Crippen LogP contribution >= 0.6 is 0 Å². The number of hydrogen-bond donors (Lipinski definition) is 0. The highest BCUT2D eigenvalue weighted by atomic mass is 16.6. The van der Waals surface area contributed by atoms with Gasteiger partial charge in [0.1, 0.15) is 24.7 Å². The second-order valence-electron chi connectivity index (χ2n) is 6.66. The van der Waals surface area contributed by atoms with E-state index in [4.69, 9.17) is 18.9 Å². The molecule has 4 rings (SSSR count). The van der Waals surface area contributed by atoms with Crippen LogP contribution in [0.5, 0.6) is 23.0 Å². The van der Waals surface area contributed by atoms with Crippen molar-refractivity contribution in [3.05, 3.63) is 47.5 Å². The van der Waals surface area contributed by atoms with E-state index in [1.54, 1.807) is 32.4 Å². The van der Waals surface area contributed by atoms with E-state index in [1.807, 2.05) is 23.1 Å². The summed E-state index contributed by atoms with van der Waals surface area (Å²) in [6.45, 7) is 1.84. The van der Waals surface area contributed by atoms with Gasteiger partial charge < -0.3 is 23.8 Å². The summed E-state index contributed by atoms with van der Waals surface area (Å²) in [5, 5.41) is 0. The minimum absolute atomic E-state index is 0.0190. The molecule has 1 saturated heterocycles. The van der Waals surface area contributed by atoms with Crippen LogP contribution in [-0.4, -0.2) is 44.8 Å². The quantitative estimate of drug-likeness (QED) is 0.826. The third-order valence-corrected chi connectivity index (χ3v) is 5.06. The number of amides is 1. The Hall–Kier alpha value is -2.89. The minimum Gasteiger partial charge on any atom is -0.497 e. The third kappa shape index (κ3) is 3.39. The molecule has 0 N–H and O–H groups in total. The molecular formula is C21H23NO5. The van der Waals surface area contributed by atoms with Gasteiger partial charge in [-0.3, -0.25) is 4.79 Å². The van der Waals surface area contributed by atoms with Crippen molar-refractivity contribution in [2.75, 3.05) is 34.0 Å². The first-order valence-corrected chi connectivity index (χ1v) is 9.13. The van der Waals surface area contributed by atoms with Crippen molar-refractivity contribution in [1.82, 2.24) is 4.90 Å². The Kier molecular flexibility index (Phi) is 4.79. The fraction of sp³-hybridized carbons (Fsp3) is 0.381. The number of benzene rings is 2. The summed E-state index contributed by atoms with van der Waals surface area (Å²) in [4.78, 5) is 15.1. The number of nitrogens with zero attached hydrogens (tertiary/aromatic N) is 1. The Bertz CT molecular complexity index is 828. The van der Waals surface area contributed by atoms with Crippen LogP contribution in [0.3, 0.4) is 0 Å². The molecule has 0 aliphatic carbocycles. The number of methoxy groups -OCH3 is 2. The zero-order chi connectivity index (χ0) is 18.8. The number of ether oxygens (including phenoxy) is 4. The standard InChI is InChI=1S/C21H23NO5/c1-24-16-10-15(11-17(13-16)25-2)21(23)22-7-3-4-18(22)14-5-6-19-20(12-14)27-9-8-26-19/h5-6,10-13,18H,3-4,7-9H2,1-2H3.